The van der Waals surface area contributed by atoms with Gasteiger partial charge in [0.2, 0.25) is 0 Å². The van der Waals surface area contributed by atoms with E-state index < -0.39 is 0 Å². The molecule has 0 spiro atoms. The number of thiophene rings is 1. The molecule has 0 amide bonds. The Hall–Kier alpha value is -1.18. The van der Waals surface area contributed by atoms with Crippen LogP contribution in [0.5, 0.6) is 5.75 Å². The van der Waals surface area contributed by atoms with Crippen LogP contribution in [0.4, 0.5) is 0 Å². The van der Waals surface area contributed by atoms with Gasteiger partial charge in [-0.1, -0.05) is 6.07 Å². The van der Waals surface area contributed by atoms with Crippen LogP contribution >= 0.6 is 24.0 Å². The fourth-order valence-electron chi connectivity index (χ4n) is 1.35. The summed E-state index contributed by atoms with van der Waals surface area (Å²) in [5.41, 5.74) is 0.691. The Morgan fingerprint density at radius 2 is 2.29 bits per heavy atom. The third-order valence-corrected chi connectivity index (χ3v) is 3.35. The molecule has 70 valence electrons. The van der Waals surface area contributed by atoms with Gasteiger partial charge in [0.05, 0.1) is 17.4 Å². The Morgan fingerprint density at radius 3 is 2.93 bits per heavy atom. The average molecular weight is 221 g/mol. The first-order valence-electron chi connectivity index (χ1n) is 3.95. The normalized spacial score (nSPS) is 10.1. The van der Waals surface area contributed by atoms with Crippen LogP contribution in [0.25, 0.3) is 10.1 Å². The van der Waals surface area contributed by atoms with Crippen LogP contribution < -0.4 is 4.74 Å². The molecule has 2 nitrogen and oxygen atoms in total. The molecule has 0 atom stereocenters. The minimum absolute atomic E-state index is 0.691. The molecule has 0 bridgehead atoms. The van der Waals surface area contributed by atoms with Crippen molar-refractivity contribution in [3.05, 3.63) is 23.1 Å². The van der Waals surface area contributed by atoms with Crippen LogP contribution in [0.2, 0.25) is 0 Å². The Bertz CT molecular complexity index is 525. The molecule has 0 radical (unpaired) electrons. The van der Waals surface area contributed by atoms with Gasteiger partial charge in [0.15, 0.2) is 0 Å². The molecule has 0 aliphatic rings. The fourth-order valence-corrected chi connectivity index (χ4v) is 2.72. The van der Waals surface area contributed by atoms with Crippen molar-refractivity contribution in [3.63, 3.8) is 0 Å². The van der Waals surface area contributed by atoms with Gasteiger partial charge in [0.25, 0.3) is 0 Å². The van der Waals surface area contributed by atoms with Crippen molar-refractivity contribution in [2.75, 3.05) is 7.11 Å². The highest BCUT2D eigenvalue weighted by Gasteiger charge is 2.10. The molecular weight excluding hydrogens is 214 g/mol. The van der Waals surface area contributed by atoms with Crippen LogP contribution in [0, 0.1) is 11.3 Å². The van der Waals surface area contributed by atoms with E-state index in [1.807, 2.05) is 17.5 Å². The Kier molecular flexibility index (Phi) is 2.36. The SMILES string of the molecule is COc1c(S)ccc2c(C#N)csc12. The largest absolute Gasteiger partial charge is 0.494 e. The molecule has 0 N–H and O–H groups in total. The van der Waals surface area contributed by atoms with E-state index in [1.54, 1.807) is 7.11 Å². The third kappa shape index (κ3) is 1.26. The van der Waals surface area contributed by atoms with Crippen molar-refractivity contribution in [1.82, 2.24) is 0 Å². The average Bonchev–Trinajstić information content (AvgIpc) is 2.60. The molecule has 0 aliphatic carbocycles. The molecule has 0 fully saturated rings. The van der Waals surface area contributed by atoms with Gasteiger partial charge >= 0.3 is 0 Å². The zero-order chi connectivity index (χ0) is 10.1. The highest BCUT2D eigenvalue weighted by molar-refractivity contribution is 7.80. The molecule has 1 aromatic carbocycles. The maximum atomic E-state index is 8.85. The van der Waals surface area contributed by atoms with E-state index in [2.05, 4.69) is 18.7 Å². The summed E-state index contributed by atoms with van der Waals surface area (Å²) in [7, 11) is 1.61. The third-order valence-electron chi connectivity index (χ3n) is 2.00. The monoisotopic (exact) mass is 221 g/mol. The number of hydrogen-bond acceptors (Lipinski definition) is 4. The number of nitriles is 1. The van der Waals surface area contributed by atoms with E-state index in [0.29, 0.717) is 5.56 Å². The molecule has 4 heteroatoms. The Balaban J connectivity index is 2.85. The summed E-state index contributed by atoms with van der Waals surface area (Å²) in [6.45, 7) is 0. The highest BCUT2D eigenvalue weighted by Crippen LogP contribution is 2.37. The van der Waals surface area contributed by atoms with Gasteiger partial charge in [0, 0.05) is 15.7 Å². The second kappa shape index (κ2) is 3.52. The maximum Gasteiger partial charge on any atom is 0.149 e. The van der Waals surface area contributed by atoms with Crippen molar-refractivity contribution in [1.29, 1.82) is 5.26 Å². The smallest absolute Gasteiger partial charge is 0.149 e. The molecule has 1 aromatic heterocycles. The van der Waals surface area contributed by atoms with Gasteiger partial charge in [-0.2, -0.15) is 5.26 Å². The van der Waals surface area contributed by atoms with E-state index in [0.717, 1.165) is 20.7 Å². The van der Waals surface area contributed by atoms with E-state index in [9.17, 15) is 0 Å². The van der Waals surface area contributed by atoms with Crippen LogP contribution in [0.1, 0.15) is 5.56 Å². The Morgan fingerprint density at radius 1 is 1.50 bits per heavy atom. The van der Waals surface area contributed by atoms with Crippen molar-refractivity contribution in [2.45, 2.75) is 4.90 Å². The van der Waals surface area contributed by atoms with Crippen molar-refractivity contribution >= 4 is 34.1 Å². The van der Waals surface area contributed by atoms with E-state index >= 15 is 0 Å². The number of nitrogens with zero attached hydrogens (tertiary/aromatic N) is 1. The van der Waals surface area contributed by atoms with Crippen LogP contribution in [0.15, 0.2) is 22.4 Å². The summed E-state index contributed by atoms with van der Waals surface area (Å²) < 4.78 is 6.22. The predicted octanol–water partition coefficient (Wildman–Crippen LogP) is 3.07. The quantitative estimate of drug-likeness (QED) is 0.751. The second-order valence-electron chi connectivity index (χ2n) is 2.76. The van der Waals surface area contributed by atoms with Gasteiger partial charge in [-0.3, -0.25) is 0 Å². The molecular formula is C10H7NOS2. The first kappa shape index (κ1) is 9.38. The van der Waals surface area contributed by atoms with Crippen LogP contribution in [-0.2, 0) is 0 Å². The molecule has 0 saturated heterocycles. The summed E-state index contributed by atoms with van der Waals surface area (Å²) >= 11 is 5.80. The number of thiol groups is 1. The number of benzene rings is 1. The van der Waals surface area contributed by atoms with E-state index in [4.69, 9.17) is 10.00 Å². The number of fused-ring (bicyclic) bond motifs is 1. The van der Waals surface area contributed by atoms with Gasteiger partial charge in [0.1, 0.15) is 11.8 Å². The summed E-state index contributed by atoms with van der Waals surface area (Å²) in [6.07, 6.45) is 0. The minimum atomic E-state index is 0.691. The standard InChI is InChI=1S/C10H7NOS2/c1-12-9-8(13)3-2-7-6(4-11)5-14-10(7)9/h2-3,5,13H,1H3. The number of hydrogen-bond donors (Lipinski definition) is 1. The van der Waals surface area contributed by atoms with E-state index in [1.165, 1.54) is 11.3 Å². The van der Waals surface area contributed by atoms with Crippen LogP contribution in [0.3, 0.4) is 0 Å². The molecule has 0 saturated carbocycles. The van der Waals surface area contributed by atoms with Gasteiger partial charge < -0.3 is 4.74 Å². The van der Waals surface area contributed by atoms with Crippen LogP contribution in [-0.4, -0.2) is 7.11 Å². The Labute approximate surface area is 91.1 Å². The molecule has 0 unspecified atom stereocenters. The summed E-state index contributed by atoms with van der Waals surface area (Å²) in [5.74, 6) is 0.748. The minimum Gasteiger partial charge on any atom is -0.494 e. The second-order valence-corrected chi connectivity index (χ2v) is 4.12. The number of methoxy groups -OCH3 is 1. The molecule has 14 heavy (non-hydrogen) atoms. The zero-order valence-electron chi connectivity index (χ0n) is 7.44. The highest BCUT2D eigenvalue weighted by atomic mass is 32.1. The van der Waals surface area contributed by atoms with E-state index in [-0.39, 0.29) is 0 Å². The number of rotatable bonds is 1. The van der Waals surface area contributed by atoms with Gasteiger partial charge in [-0.05, 0) is 6.07 Å². The summed E-state index contributed by atoms with van der Waals surface area (Å²) in [5, 5.41) is 11.6. The zero-order valence-corrected chi connectivity index (χ0v) is 9.15. The molecule has 2 aromatic rings. The van der Waals surface area contributed by atoms with Gasteiger partial charge in [-0.15, -0.1) is 24.0 Å². The predicted molar refractivity (Wildman–Crippen MR) is 60.3 cm³/mol. The van der Waals surface area contributed by atoms with Crippen molar-refractivity contribution in [3.8, 4) is 11.8 Å². The maximum absolute atomic E-state index is 8.85. The first-order valence-corrected chi connectivity index (χ1v) is 5.28. The number of ether oxygens (including phenoxy) is 1. The van der Waals surface area contributed by atoms with Crippen molar-refractivity contribution in [2.24, 2.45) is 0 Å². The first-order chi connectivity index (χ1) is 6.77. The van der Waals surface area contributed by atoms with Gasteiger partial charge in [-0.25, -0.2) is 0 Å². The van der Waals surface area contributed by atoms with Crippen molar-refractivity contribution < 1.29 is 4.74 Å². The molecule has 2 rings (SSSR count). The lowest BCUT2D eigenvalue weighted by molar-refractivity contribution is 0.411. The summed E-state index contributed by atoms with van der Waals surface area (Å²) in [6, 6.07) is 5.89. The summed E-state index contributed by atoms with van der Waals surface area (Å²) in [4.78, 5) is 0.798. The molecule has 1 heterocycles. The lowest BCUT2D eigenvalue weighted by atomic mass is 10.2. The molecule has 0 aliphatic heterocycles. The fraction of sp³-hybridized carbons (Fsp3) is 0.100. The lowest BCUT2D eigenvalue weighted by Crippen LogP contribution is -1.84. The lowest BCUT2D eigenvalue weighted by Gasteiger charge is -2.04. The topological polar surface area (TPSA) is 33.0 Å².